The van der Waals surface area contributed by atoms with E-state index in [1.807, 2.05) is 91.7 Å². The lowest BCUT2D eigenvalue weighted by Gasteiger charge is -2.30. The molecule has 5 aromatic carbocycles. The number of nitrogens with zero attached hydrogens (tertiary/aromatic N) is 4. The predicted molar refractivity (Wildman–Crippen MR) is 251 cm³/mol. The summed E-state index contributed by atoms with van der Waals surface area (Å²) in [6.07, 6.45) is 3.71. The Morgan fingerprint density at radius 3 is 2.08 bits per heavy atom. The van der Waals surface area contributed by atoms with E-state index >= 15 is 0 Å². The maximum atomic E-state index is 14.1. The van der Waals surface area contributed by atoms with E-state index in [1.54, 1.807) is 35.1 Å². The van der Waals surface area contributed by atoms with E-state index < -0.39 is 4.75 Å². The first-order valence-corrected chi connectivity index (χ1v) is 21.9. The van der Waals surface area contributed by atoms with Crippen molar-refractivity contribution in [3.8, 4) is 23.0 Å². The zero-order valence-electron chi connectivity index (χ0n) is 36.3. The second-order valence-electron chi connectivity index (χ2n) is 17.2. The lowest BCUT2D eigenvalue weighted by molar-refractivity contribution is -0.119. The van der Waals surface area contributed by atoms with Crippen molar-refractivity contribution < 1.29 is 38.4 Å². The molecule has 4 aliphatic heterocycles. The summed E-state index contributed by atoms with van der Waals surface area (Å²) in [5, 5.41) is 13.1. The minimum absolute atomic E-state index is 0.0295. The Kier molecular flexibility index (Phi) is 11.7. The molecule has 330 valence electrons. The molecule has 0 spiro atoms. The van der Waals surface area contributed by atoms with Gasteiger partial charge in [0, 0.05) is 72.7 Å². The molecular formula is C50H51N5O8S. The third-order valence-electron chi connectivity index (χ3n) is 12.0. The predicted octanol–water partition coefficient (Wildman–Crippen LogP) is 7.96. The number of rotatable bonds is 14. The fraction of sp³-hybridized carbons (Fsp3) is 0.320. The molecule has 14 heteroatoms. The summed E-state index contributed by atoms with van der Waals surface area (Å²) in [5.41, 5.74) is 8.13. The number of aliphatic hydroxyl groups is 1. The standard InChI is InChI=1S/C50H51N5O8S/c1-50(2,64)29-53(47(57)14-9-15-56)34-17-30(27-62-45-23-39-37(21-43(45)60-3)48(58)54-35(25-51-39)19-32-10-5-7-12-41(32)54)16-31(18-34)28-63-46-24-40-38(22-44(46)61-4)49(59)55-36(26-52-40)20-33-11-6-8-13-42(33)55/h5-8,10-13,16-18,21-25,35-36,52,56,64H,9,14-15,19-20,26-29H2,1-4H3/t35-,36-/m0/s1. The summed E-state index contributed by atoms with van der Waals surface area (Å²) in [6, 6.07) is 28.3. The first-order chi connectivity index (χ1) is 30.9. The molecule has 3 amide bonds. The monoisotopic (exact) mass is 881 g/mol. The SMILES string of the molecule is COc1cc2c(cc1OCc1cc(COc3cc4c(cc3OC)C(=O)N3c5ccccc5C[C@H]3CN4)cc(N(CC(C)(C)S)C(=O)CCCO)c1)N=C[C@@H]1Cc3ccccc3N1C2=O. The zero-order chi connectivity index (χ0) is 44.7. The Hall–Kier alpha value is -6.51. The smallest absolute Gasteiger partial charge is 0.261 e. The van der Waals surface area contributed by atoms with Gasteiger partial charge in [0.1, 0.15) is 13.2 Å². The lowest BCUT2D eigenvalue weighted by atomic mass is 10.1. The van der Waals surface area contributed by atoms with Crippen molar-refractivity contribution >= 4 is 65.0 Å². The van der Waals surface area contributed by atoms with E-state index in [2.05, 4.69) is 11.4 Å². The molecule has 64 heavy (non-hydrogen) atoms. The molecule has 5 aromatic rings. The quantitative estimate of drug-likeness (QED) is 0.0948. The van der Waals surface area contributed by atoms with Crippen LogP contribution in [0.3, 0.4) is 0 Å². The maximum Gasteiger partial charge on any atom is 0.261 e. The Labute approximate surface area is 378 Å². The highest BCUT2D eigenvalue weighted by Gasteiger charge is 2.39. The van der Waals surface area contributed by atoms with E-state index in [0.29, 0.717) is 77.1 Å². The van der Waals surface area contributed by atoms with Gasteiger partial charge in [-0.25, -0.2) is 0 Å². The highest BCUT2D eigenvalue weighted by Crippen LogP contribution is 2.43. The molecule has 0 fully saturated rings. The van der Waals surface area contributed by atoms with Crippen molar-refractivity contribution in [1.82, 2.24) is 0 Å². The maximum absolute atomic E-state index is 14.1. The second kappa shape index (κ2) is 17.6. The summed E-state index contributed by atoms with van der Waals surface area (Å²) >= 11 is 4.79. The zero-order valence-corrected chi connectivity index (χ0v) is 37.2. The molecule has 0 aromatic heterocycles. The van der Waals surface area contributed by atoms with Crippen molar-refractivity contribution in [1.29, 1.82) is 0 Å². The van der Waals surface area contributed by atoms with Gasteiger partial charge in [-0.2, -0.15) is 12.6 Å². The third kappa shape index (κ3) is 8.35. The molecule has 0 radical (unpaired) electrons. The Morgan fingerprint density at radius 1 is 0.812 bits per heavy atom. The van der Waals surface area contributed by atoms with Crippen LogP contribution in [0, 0.1) is 0 Å². The summed E-state index contributed by atoms with van der Waals surface area (Å²) in [6.45, 7) is 4.76. The van der Waals surface area contributed by atoms with E-state index in [9.17, 15) is 19.5 Å². The first kappa shape index (κ1) is 42.8. The number of fused-ring (bicyclic) bond motifs is 8. The molecule has 2 N–H and O–H groups in total. The Balaban J connectivity index is 1.02. The van der Waals surface area contributed by atoms with Gasteiger partial charge in [0.2, 0.25) is 5.91 Å². The van der Waals surface area contributed by atoms with Crippen LogP contribution < -0.4 is 39.0 Å². The van der Waals surface area contributed by atoms with E-state index in [1.165, 1.54) is 7.11 Å². The van der Waals surface area contributed by atoms with Crippen LogP contribution in [0.25, 0.3) is 0 Å². The van der Waals surface area contributed by atoms with Crippen LogP contribution in [-0.2, 0) is 30.8 Å². The molecule has 4 aliphatic rings. The number of carbonyl (C=O) groups excluding carboxylic acids is 3. The summed E-state index contributed by atoms with van der Waals surface area (Å²) in [7, 11) is 3.07. The molecule has 13 nitrogen and oxygen atoms in total. The number of ether oxygens (including phenoxy) is 4. The average Bonchev–Trinajstić information content (AvgIpc) is 3.79. The molecule has 0 unspecified atom stereocenters. The van der Waals surface area contributed by atoms with Crippen molar-refractivity contribution in [3.63, 3.8) is 0 Å². The summed E-state index contributed by atoms with van der Waals surface area (Å²) in [5.74, 6) is 1.17. The van der Waals surface area contributed by atoms with Crippen LogP contribution in [0.5, 0.6) is 23.0 Å². The van der Waals surface area contributed by atoms with Gasteiger partial charge in [0.25, 0.3) is 11.8 Å². The molecule has 4 heterocycles. The van der Waals surface area contributed by atoms with E-state index in [4.69, 9.17) is 36.6 Å². The van der Waals surface area contributed by atoms with Gasteiger partial charge >= 0.3 is 0 Å². The fourth-order valence-electron chi connectivity index (χ4n) is 9.06. The average molecular weight is 882 g/mol. The van der Waals surface area contributed by atoms with Gasteiger partial charge in [0.15, 0.2) is 23.0 Å². The topological polar surface area (TPSA) is 142 Å². The molecule has 0 saturated heterocycles. The van der Waals surface area contributed by atoms with Crippen LogP contribution in [0.15, 0.2) is 96.0 Å². The number of methoxy groups -OCH3 is 2. The van der Waals surface area contributed by atoms with Gasteiger partial charge in [0.05, 0.1) is 48.8 Å². The second-order valence-corrected chi connectivity index (χ2v) is 18.4. The lowest BCUT2D eigenvalue weighted by Crippen LogP contribution is -2.40. The van der Waals surface area contributed by atoms with E-state index in [0.717, 1.165) is 40.0 Å². The Morgan fingerprint density at radius 2 is 1.42 bits per heavy atom. The third-order valence-corrected chi connectivity index (χ3v) is 12.2. The number of thiol groups is 1. The molecule has 9 rings (SSSR count). The number of aliphatic imine (C=N–C) groups is 1. The van der Waals surface area contributed by atoms with Gasteiger partial charge in [-0.15, -0.1) is 0 Å². The number of hydrogen-bond donors (Lipinski definition) is 3. The normalized spacial score (nSPS) is 16.9. The molecular weight excluding hydrogens is 831 g/mol. The fourth-order valence-corrected chi connectivity index (χ4v) is 9.21. The highest BCUT2D eigenvalue weighted by atomic mass is 32.1. The van der Waals surface area contributed by atoms with Crippen molar-refractivity contribution in [3.05, 3.63) is 124 Å². The number of benzene rings is 5. The van der Waals surface area contributed by atoms with Gasteiger partial charge in [-0.1, -0.05) is 36.4 Å². The van der Waals surface area contributed by atoms with Crippen molar-refractivity contribution in [2.75, 3.05) is 53.9 Å². The Bertz CT molecular complexity index is 2680. The van der Waals surface area contributed by atoms with Gasteiger partial charge in [-0.3, -0.25) is 24.3 Å². The highest BCUT2D eigenvalue weighted by molar-refractivity contribution is 7.81. The molecule has 0 aliphatic carbocycles. The minimum Gasteiger partial charge on any atom is -0.493 e. The van der Waals surface area contributed by atoms with Crippen LogP contribution in [0.1, 0.15) is 69.7 Å². The van der Waals surface area contributed by atoms with Gasteiger partial charge < -0.3 is 39.2 Å². The van der Waals surface area contributed by atoms with Crippen LogP contribution in [0.2, 0.25) is 0 Å². The summed E-state index contributed by atoms with van der Waals surface area (Å²) < 4.78 is 24.0. The molecule has 2 atom stereocenters. The number of hydrogen-bond acceptors (Lipinski definition) is 11. The summed E-state index contributed by atoms with van der Waals surface area (Å²) in [4.78, 5) is 52.0. The number of carbonyl (C=O) groups is 3. The van der Waals surface area contributed by atoms with Crippen LogP contribution >= 0.6 is 12.6 Å². The number of amides is 3. The van der Waals surface area contributed by atoms with E-state index in [-0.39, 0.29) is 56.0 Å². The van der Waals surface area contributed by atoms with Crippen LogP contribution in [-0.4, -0.2) is 79.8 Å². The number of anilines is 4. The molecule has 0 bridgehead atoms. The van der Waals surface area contributed by atoms with Crippen molar-refractivity contribution in [2.24, 2.45) is 4.99 Å². The minimum atomic E-state index is -0.556. The van der Waals surface area contributed by atoms with Crippen LogP contribution in [0.4, 0.5) is 28.4 Å². The first-order valence-electron chi connectivity index (χ1n) is 21.5. The molecule has 0 saturated carbocycles. The number of aliphatic hydroxyl groups excluding tert-OH is 1. The number of para-hydroxylation sites is 2. The number of nitrogens with one attached hydrogen (secondary N) is 1. The van der Waals surface area contributed by atoms with Gasteiger partial charge in [-0.05, 0) is 91.4 Å². The largest absolute Gasteiger partial charge is 0.493 e. The van der Waals surface area contributed by atoms with Crippen molar-refractivity contribution in [2.45, 2.75) is 69.6 Å².